The summed E-state index contributed by atoms with van der Waals surface area (Å²) >= 11 is 0. The summed E-state index contributed by atoms with van der Waals surface area (Å²) in [7, 11) is 1.93. The summed E-state index contributed by atoms with van der Waals surface area (Å²) in [6.07, 6.45) is 3.19. The van der Waals surface area contributed by atoms with Gasteiger partial charge in [0.25, 0.3) is 0 Å². The minimum Gasteiger partial charge on any atom is -0.355 e. The number of nitrogens with one attached hydrogen (secondary N) is 2. The van der Waals surface area contributed by atoms with Gasteiger partial charge in [-0.05, 0) is 50.4 Å². The van der Waals surface area contributed by atoms with Crippen LogP contribution >= 0.6 is 0 Å². The molecule has 1 aliphatic heterocycles. The molecule has 35 heavy (non-hydrogen) atoms. The lowest BCUT2D eigenvalue weighted by Crippen LogP contribution is -2.28. The van der Waals surface area contributed by atoms with E-state index >= 15 is 0 Å². The predicted molar refractivity (Wildman–Crippen MR) is 146 cm³/mol. The number of benzene rings is 3. The molecule has 3 aromatic carbocycles. The molecule has 2 aromatic heterocycles. The zero-order valence-corrected chi connectivity index (χ0v) is 21.3. The first-order valence-corrected chi connectivity index (χ1v) is 12.9. The number of hydrogen-bond acceptors (Lipinski definition) is 3. The third kappa shape index (κ3) is 3.65. The SMILES string of the molecule is CC.CNCc1c(C=O)c2c3ccccc3n([C@@H]3C[C@H](C)CC(C)O3)c2c2[nH]c3ccccc3c12. The molecule has 1 saturated heterocycles. The number of fused-ring (bicyclic) bond motifs is 7. The van der Waals surface area contributed by atoms with Gasteiger partial charge in [0.1, 0.15) is 6.23 Å². The third-order valence-electron chi connectivity index (χ3n) is 7.24. The smallest absolute Gasteiger partial charge is 0.151 e. The highest BCUT2D eigenvalue weighted by Gasteiger charge is 2.31. The number of H-pyrrole nitrogens is 1. The molecule has 2 N–H and O–H groups in total. The lowest BCUT2D eigenvalue weighted by atomic mass is 9.95. The van der Waals surface area contributed by atoms with Crippen molar-refractivity contribution in [3.8, 4) is 0 Å². The number of rotatable bonds is 4. The van der Waals surface area contributed by atoms with E-state index in [1.807, 2.05) is 20.9 Å². The number of para-hydroxylation sites is 2. The van der Waals surface area contributed by atoms with Gasteiger partial charge in [0.15, 0.2) is 6.29 Å². The largest absolute Gasteiger partial charge is 0.355 e. The van der Waals surface area contributed by atoms with Crippen LogP contribution in [0.3, 0.4) is 0 Å². The summed E-state index contributed by atoms with van der Waals surface area (Å²) in [4.78, 5) is 16.4. The minimum atomic E-state index is -0.0737. The van der Waals surface area contributed by atoms with Gasteiger partial charge in [-0.3, -0.25) is 4.79 Å². The van der Waals surface area contributed by atoms with Crippen molar-refractivity contribution in [2.75, 3.05) is 7.05 Å². The van der Waals surface area contributed by atoms with Gasteiger partial charge < -0.3 is 19.6 Å². The molecule has 3 heterocycles. The Morgan fingerprint density at radius 1 is 1.03 bits per heavy atom. The van der Waals surface area contributed by atoms with Crippen molar-refractivity contribution < 1.29 is 9.53 Å². The highest BCUT2D eigenvalue weighted by atomic mass is 16.5. The zero-order valence-electron chi connectivity index (χ0n) is 21.3. The maximum atomic E-state index is 12.7. The lowest BCUT2D eigenvalue weighted by Gasteiger charge is -2.34. The maximum absolute atomic E-state index is 12.7. The van der Waals surface area contributed by atoms with Gasteiger partial charge in [-0.2, -0.15) is 0 Å². The van der Waals surface area contributed by atoms with Crippen molar-refractivity contribution >= 4 is 49.9 Å². The van der Waals surface area contributed by atoms with Crippen molar-refractivity contribution in [2.24, 2.45) is 5.92 Å². The Morgan fingerprint density at radius 2 is 1.74 bits per heavy atom. The topological polar surface area (TPSA) is 59.1 Å². The highest BCUT2D eigenvalue weighted by Crippen LogP contribution is 2.44. The Hall–Kier alpha value is -3.15. The van der Waals surface area contributed by atoms with Gasteiger partial charge in [0.05, 0.1) is 22.7 Å². The first kappa shape index (κ1) is 23.6. The average Bonchev–Trinajstić information content (AvgIpc) is 3.41. The van der Waals surface area contributed by atoms with Gasteiger partial charge in [0, 0.05) is 39.2 Å². The Labute approximate surface area is 206 Å². The normalized spacial score (nSPS) is 20.4. The van der Waals surface area contributed by atoms with E-state index in [2.05, 4.69) is 77.2 Å². The van der Waals surface area contributed by atoms with Gasteiger partial charge in [-0.1, -0.05) is 57.2 Å². The van der Waals surface area contributed by atoms with E-state index in [0.717, 1.165) is 73.9 Å². The van der Waals surface area contributed by atoms with Crippen LogP contribution in [0.4, 0.5) is 0 Å². The standard InChI is InChI=1S/C28H29N3O2.C2H6/c1-16-12-17(2)33-24(13-16)31-23-11-7-5-9-19(23)26-21(15-32)20(14-29-3)25-18-8-4-6-10-22(18)30-27(25)28(26)31;1-2/h4-11,15-17,24,29-30H,12-14H2,1-3H3;1-2H3/t16-,17?,24+;/m1./s1. The molecule has 0 bridgehead atoms. The monoisotopic (exact) mass is 469 g/mol. The van der Waals surface area contributed by atoms with Gasteiger partial charge >= 0.3 is 0 Å². The van der Waals surface area contributed by atoms with Crippen LogP contribution in [0.15, 0.2) is 48.5 Å². The van der Waals surface area contributed by atoms with Crippen molar-refractivity contribution in [1.82, 2.24) is 14.9 Å². The molecule has 182 valence electrons. The fourth-order valence-corrected chi connectivity index (χ4v) is 6.04. The molecule has 6 rings (SSSR count). The van der Waals surface area contributed by atoms with E-state index in [9.17, 15) is 4.79 Å². The van der Waals surface area contributed by atoms with Crippen molar-refractivity contribution in [3.05, 3.63) is 59.7 Å². The van der Waals surface area contributed by atoms with E-state index in [1.165, 1.54) is 0 Å². The number of ether oxygens (including phenoxy) is 1. The molecule has 0 aliphatic carbocycles. The van der Waals surface area contributed by atoms with E-state index in [1.54, 1.807) is 0 Å². The summed E-state index contributed by atoms with van der Waals surface area (Å²) < 4.78 is 8.89. The minimum absolute atomic E-state index is 0.0737. The van der Waals surface area contributed by atoms with Crippen molar-refractivity contribution in [2.45, 2.75) is 59.4 Å². The zero-order chi connectivity index (χ0) is 24.7. The molecule has 0 radical (unpaired) electrons. The number of aromatic nitrogens is 2. The van der Waals surface area contributed by atoms with Crippen LogP contribution in [-0.2, 0) is 11.3 Å². The summed E-state index contributed by atoms with van der Waals surface area (Å²) in [5.74, 6) is 0.572. The number of aldehydes is 1. The molecule has 0 spiro atoms. The second kappa shape index (κ2) is 9.48. The molecule has 0 saturated carbocycles. The molecule has 5 aromatic rings. The van der Waals surface area contributed by atoms with E-state index in [4.69, 9.17) is 4.74 Å². The summed E-state index contributed by atoms with van der Waals surface area (Å²) in [5.41, 5.74) is 6.15. The van der Waals surface area contributed by atoms with E-state index in [0.29, 0.717) is 12.5 Å². The molecule has 5 heteroatoms. The first-order valence-electron chi connectivity index (χ1n) is 12.9. The second-order valence-electron chi connectivity index (χ2n) is 9.55. The Morgan fingerprint density at radius 3 is 2.46 bits per heavy atom. The van der Waals surface area contributed by atoms with Crippen molar-refractivity contribution in [1.29, 1.82) is 0 Å². The van der Waals surface area contributed by atoms with Crippen LogP contribution in [-0.4, -0.2) is 29.0 Å². The molecule has 1 fully saturated rings. The Kier molecular flexibility index (Phi) is 6.39. The number of hydrogen-bond donors (Lipinski definition) is 2. The lowest BCUT2D eigenvalue weighted by molar-refractivity contribution is -0.0936. The van der Waals surface area contributed by atoms with E-state index in [-0.39, 0.29) is 12.3 Å². The molecule has 1 aliphatic rings. The number of carbonyl (C=O) groups is 1. The van der Waals surface area contributed by atoms with Gasteiger partial charge in [-0.25, -0.2) is 0 Å². The fourth-order valence-electron chi connectivity index (χ4n) is 6.04. The second-order valence-corrected chi connectivity index (χ2v) is 9.55. The average molecular weight is 470 g/mol. The number of aromatic amines is 1. The van der Waals surface area contributed by atoms with Crippen LogP contribution in [0.5, 0.6) is 0 Å². The Bertz CT molecular complexity index is 1520. The maximum Gasteiger partial charge on any atom is 0.151 e. The first-order chi connectivity index (χ1) is 17.1. The Balaban J connectivity index is 0.00000124. The third-order valence-corrected chi connectivity index (χ3v) is 7.24. The van der Waals surface area contributed by atoms with Crippen LogP contribution in [0.25, 0.3) is 43.6 Å². The molecule has 1 unspecified atom stereocenters. The van der Waals surface area contributed by atoms with Crippen molar-refractivity contribution in [3.63, 3.8) is 0 Å². The van der Waals surface area contributed by atoms with Crippen LogP contribution in [0, 0.1) is 5.92 Å². The van der Waals surface area contributed by atoms with Gasteiger partial charge in [-0.15, -0.1) is 0 Å². The highest BCUT2D eigenvalue weighted by molar-refractivity contribution is 6.27. The number of nitrogens with zero attached hydrogens (tertiary/aromatic N) is 1. The summed E-state index contributed by atoms with van der Waals surface area (Å²) in [6.45, 7) is 9.09. The fraction of sp³-hybridized carbons (Fsp3) is 0.367. The molecule has 3 atom stereocenters. The van der Waals surface area contributed by atoms with Crippen LogP contribution in [0.2, 0.25) is 0 Å². The quantitative estimate of drug-likeness (QED) is 0.271. The predicted octanol–water partition coefficient (Wildman–Crippen LogP) is 7.32. The van der Waals surface area contributed by atoms with Gasteiger partial charge in [0.2, 0.25) is 0 Å². The summed E-state index contributed by atoms with van der Waals surface area (Å²) in [6, 6.07) is 16.8. The number of carbonyl (C=O) groups excluding carboxylic acids is 1. The molecular weight excluding hydrogens is 434 g/mol. The van der Waals surface area contributed by atoms with E-state index < -0.39 is 0 Å². The molecule has 5 nitrogen and oxygen atoms in total. The summed E-state index contributed by atoms with van der Waals surface area (Å²) in [5, 5.41) is 7.67. The van der Waals surface area contributed by atoms with Crippen LogP contribution in [0.1, 0.15) is 62.7 Å². The molecule has 0 amide bonds. The molecular formula is C30H35N3O2. The van der Waals surface area contributed by atoms with Crippen LogP contribution < -0.4 is 5.32 Å².